The molecular weight excluding hydrogens is 551 g/mol. The molecule has 170 valence electrons. The molecule has 0 saturated carbocycles. The van der Waals surface area contributed by atoms with E-state index in [4.69, 9.17) is 21.1 Å². The molecule has 0 spiro atoms. The number of halogens is 2. The number of amides is 1. The van der Waals surface area contributed by atoms with Crippen molar-refractivity contribution in [2.45, 2.75) is 36.4 Å². The summed E-state index contributed by atoms with van der Waals surface area (Å²) in [5.74, 6) is 0.941. The molecule has 1 aliphatic rings. The summed E-state index contributed by atoms with van der Waals surface area (Å²) in [6, 6.07) is 19.5. The Balaban J connectivity index is 1.88. The molecule has 0 aliphatic carbocycles. The van der Waals surface area contributed by atoms with E-state index in [9.17, 15) is 10.1 Å². The summed E-state index contributed by atoms with van der Waals surface area (Å²) in [5.41, 5.74) is 2.56. The predicted octanol–water partition coefficient (Wildman–Crippen LogP) is 6.91. The van der Waals surface area contributed by atoms with E-state index in [1.54, 1.807) is 11.0 Å². The zero-order chi connectivity index (χ0) is 23.8. The Kier molecular flexibility index (Phi) is 6.47. The van der Waals surface area contributed by atoms with Crippen molar-refractivity contribution >= 4 is 56.7 Å². The first-order chi connectivity index (χ1) is 15.6. The lowest BCUT2D eigenvalue weighted by molar-refractivity contribution is 0.0582. The number of benzene rings is 3. The van der Waals surface area contributed by atoms with Crippen molar-refractivity contribution in [2.24, 2.45) is 0 Å². The van der Waals surface area contributed by atoms with Crippen LogP contribution in [0.15, 0.2) is 54.6 Å². The third kappa shape index (κ3) is 4.75. The Morgan fingerprint density at radius 2 is 1.91 bits per heavy atom. The average Bonchev–Trinajstić information content (AvgIpc) is 3.10. The van der Waals surface area contributed by atoms with Gasteiger partial charge in [-0.1, -0.05) is 52.9 Å². The van der Waals surface area contributed by atoms with Crippen molar-refractivity contribution in [3.05, 3.63) is 71.3 Å². The summed E-state index contributed by atoms with van der Waals surface area (Å²) in [7, 11) is 0. The van der Waals surface area contributed by atoms with Gasteiger partial charge in [-0.15, -0.1) is 11.6 Å². The normalized spacial score (nSPS) is 17.5. The highest BCUT2D eigenvalue weighted by atomic mass is 127. The van der Waals surface area contributed by atoms with E-state index in [-0.39, 0.29) is 0 Å². The number of nitriles is 1. The zero-order valence-corrected chi connectivity index (χ0v) is 21.6. The van der Waals surface area contributed by atoms with Crippen LogP contribution in [0.3, 0.4) is 0 Å². The van der Waals surface area contributed by atoms with Crippen LogP contribution in [0.4, 0.5) is 10.5 Å². The molecular formula is C26H24ClIN2O3. The number of hydrogen-bond donors (Lipinski definition) is 0. The predicted molar refractivity (Wildman–Crippen MR) is 139 cm³/mol. The maximum atomic E-state index is 13.1. The van der Waals surface area contributed by atoms with E-state index >= 15 is 0 Å². The van der Waals surface area contributed by atoms with Gasteiger partial charge < -0.3 is 9.47 Å². The van der Waals surface area contributed by atoms with Crippen LogP contribution >= 0.6 is 34.2 Å². The Hall–Kier alpha value is -2.50. The van der Waals surface area contributed by atoms with Crippen molar-refractivity contribution in [3.63, 3.8) is 0 Å². The molecule has 33 heavy (non-hydrogen) atoms. The van der Waals surface area contributed by atoms with Gasteiger partial charge in [-0.25, -0.2) is 4.79 Å². The fraction of sp³-hybridized carbons (Fsp3) is 0.308. The molecule has 3 aromatic carbocycles. The Labute approximate surface area is 212 Å². The highest BCUT2D eigenvalue weighted by molar-refractivity contribution is 14.1. The molecule has 1 amide bonds. The number of carbonyl (C=O) groups is 1. The lowest BCUT2D eigenvalue weighted by Crippen LogP contribution is -2.38. The van der Waals surface area contributed by atoms with Gasteiger partial charge in [-0.3, -0.25) is 4.90 Å². The molecule has 0 fully saturated rings. The molecule has 0 N–H and O–H groups in total. The van der Waals surface area contributed by atoms with Crippen LogP contribution in [-0.2, 0) is 14.8 Å². The van der Waals surface area contributed by atoms with E-state index in [0.717, 1.165) is 21.9 Å². The van der Waals surface area contributed by atoms with Crippen LogP contribution in [0.25, 0.3) is 10.8 Å². The largest absolute Gasteiger partial charge is 0.488 e. The summed E-state index contributed by atoms with van der Waals surface area (Å²) in [6.07, 6.45) is -0.433. The van der Waals surface area contributed by atoms with Gasteiger partial charge in [0.05, 0.1) is 20.7 Å². The molecule has 1 atom stereocenters. The van der Waals surface area contributed by atoms with Crippen LogP contribution in [0.1, 0.15) is 37.5 Å². The van der Waals surface area contributed by atoms with Gasteiger partial charge >= 0.3 is 6.09 Å². The van der Waals surface area contributed by atoms with Crippen LogP contribution in [0.5, 0.6) is 5.75 Å². The van der Waals surface area contributed by atoms with E-state index in [1.165, 1.54) is 0 Å². The quantitative estimate of drug-likeness (QED) is 0.251. The summed E-state index contributed by atoms with van der Waals surface area (Å²) >= 11 is 8.77. The topological polar surface area (TPSA) is 62.6 Å². The number of alkyl halides is 2. The SMILES string of the molecule is CC(C)(C)OC(=O)N1CC(I)(CCl)c2c1cc(OCc1ccccc1)c1ccc(C#N)cc21. The first-order valence-electron chi connectivity index (χ1n) is 10.6. The number of hydrogen-bond acceptors (Lipinski definition) is 4. The lowest BCUT2D eigenvalue weighted by Gasteiger charge is -2.26. The zero-order valence-electron chi connectivity index (χ0n) is 18.7. The maximum Gasteiger partial charge on any atom is 0.414 e. The second kappa shape index (κ2) is 9.03. The standard InChI is InChI=1S/C26H24ClIN2O3/c1-25(2,3)33-24(31)30-16-26(28,15-27)23-20-11-18(13-29)9-10-19(20)22(12-21(23)30)32-14-17-7-5-4-6-8-17/h4-12H,14-16H2,1-3H3. The molecule has 1 heterocycles. The van der Waals surface area contributed by atoms with Crippen LogP contribution in [0, 0.1) is 11.3 Å². The smallest absolute Gasteiger partial charge is 0.414 e. The van der Waals surface area contributed by atoms with Crippen LogP contribution in [-0.4, -0.2) is 24.1 Å². The van der Waals surface area contributed by atoms with Gasteiger partial charge in [-0.05, 0) is 49.9 Å². The molecule has 4 rings (SSSR count). The van der Waals surface area contributed by atoms with Crippen LogP contribution < -0.4 is 9.64 Å². The van der Waals surface area contributed by atoms with E-state index < -0.39 is 15.1 Å². The number of fused-ring (bicyclic) bond motifs is 3. The summed E-state index contributed by atoms with van der Waals surface area (Å²) in [5, 5.41) is 11.3. The molecule has 1 unspecified atom stereocenters. The lowest BCUT2D eigenvalue weighted by atomic mass is 9.94. The molecule has 3 aromatic rings. The van der Waals surface area contributed by atoms with Gasteiger partial charge in [-0.2, -0.15) is 5.26 Å². The summed E-state index contributed by atoms with van der Waals surface area (Å²) in [6.45, 7) is 6.28. The molecule has 0 aromatic heterocycles. The second-order valence-corrected chi connectivity index (χ2v) is 11.4. The molecule has 1 aliphatic heterocycles. The van der Waals surface area contributed by atoms with Gasteiger partial charge in [0.2, 0.25) is 0 Å². The monoisotopic (exact) mass is 574 g/mol. The second-order valence-electron chi connectivity index (χ2n) is 9.08. The number of anilines is 1. The number of carbonyl (C=O) groups excluding carboxylic acids is 1. The van der Waals surface area contributed by atoms with Crippen molar-refractivity contribution in [1.29, 1.82) is 5.26 Å². The highest BCUT2D eigenvalue weighted by Crippen LogP contribution is 2.52. The van der Waals surface area contributed by atoms with Gasteiger partial charge in [0.25, 0.3) is 0 Å². The molecule has 5 nitrogen and oxygen atoms in total. The number of nitrogens with zero attached hydrogens (tertiary/aromatic N) is 2. The maximum absolute atomic E-state index is 13.1. The van der Waals surface area contributed by atoms with Gasteiger partial charge in [0, 0.05) is 29.4 Å². The number of ether oxygens (including phenoxy) is 2. The summed E-state index contributed by atoms with van der Waals surface area (Å²) in [4.78, 5) is 14.8. The minimum absolute atomic E-state index is 0.302. The first-order valence-corrected chi connectivity index (χ1v) is 12.2. The van der Waals surface area contributed by atoms with Crippen molar-refractivity contribution in [3.8, 4) is 11.8 Å². The fourth-order valence-corrected chi connectivity index (χ4v) is 5.12. The van der Waals surface area contributed by atoms with Crippen molar-refractivity contribution < 1.29 is 14.3 Å². The van der Waals surface area contributed by atoms with Gasteiger partial charge in [0.15, 0.2) is 0 Å². The minimum atomic E-state index is -0.633. The molecule has 0 bridgehead atoms. The van der Waals surface area contributed by atoms with Crippen LogP contribution in [0.2, 0.25) is 0 Å². The van der Waals surface area contributed by atoms with Gasteiger partial charge in [0.1, 0.15) is 18.0 Å². The van der Waals surface area contributed by atoms with Crippen molar-refractivity contribution in [2.75, 3.05) is 17.3 Å². The fourth-order valence-electron chi connectivity index (χ4n) is 3.99. The Morgan fingerprint density at radius 3 is 2.55 bits per heavy atom. The molecule has 7 heteroatoms. The van der Waals surface area contributed by atoms with Crippen molar-refractivity contribution in [1.82, 2.24) is 0 Å². The number of rotatable bonds is 4. The summed E-state index contributed by atoms with van der Waals surface area (Å²) < 4.78 is 11.4. The average molecular weight is 575 g/mol. The third-order valence-corrected chi connectivity index (χ3v) is 7.59. The first kappa shape index (κ1) is 23.7. The van der Waals surface area contributed by atoms with E-state index in [1.807, 2.05) is 69.3 Å². The molecule has 0 radical (unpaired) electrons. The van der Waals surface area contributed by atoms with E-state index in [0.29, 0.717) is 36.0 Å². The van der Waals surface area contributed by atoms with E-state index in [2.05, 4.69) is 28.7 Å². The highest BCUT2D eigenvalue weighted by Gasteiger charge is 2.45. The Bertz CT molecular complexity index is 1250. The third-order valence-electron chi connectivity index (χ3n) is 5.42. The minimum Gasteiger partial charge on any atom is -0.488 e. The molecule has 0 saturated heterocycles. The Morgan fingerprint density at radius 1 is 1.18 bits per heavy atom.